The van der Waals surface area contributed by atoms with Crippen LogP contribution in [-0.2, 0) is 32.7 Å². The summed E-state index contributed by atoms with van der Waals surface area (Å²) < 4.78 is 34.5. The Morgan fingerprint density at radius 2 is 0.810 bits per heavy atom. The molecule has 9 nitrogen and oxygen atoms in total. The number of phosphoric ester groups is 1. The van der Waals surface area contributed by atoms with Crippen molar-refractivity contribution in [2.45, 2.75) is 270 Å². The first-order valence-electron chi connectivity index (χ1n) is 26.9. The number of phosphoric acid groups is 1. The molecule has 0 aliphatic carbocycles. The number of likely N-dealkylation sites (N-methyl/N-ethyl adjacent to an activating group) is 1. The highest BCUT2D eigenvalue weighted by molar-refractivity contribution is 7.47. The highest BCUT2D eigenvalue weighted by atomic mass is 31.2. The van der Waals surface area contributed by atoms with E-state index in [1.54, 1.807) is 0 Å². The fourth-order valence-electron chi connectivity index (χ4n) is 7.84. The number of ether oxygens (including phenoxy) is 2. The fourth-order valence-corrected chi connectivity index (χ4v) is 8.58. The van der Waals surface area contributed by atoms with Gasteiger partial charge >= 0.3 is 19.8 Å². The molecule has 0 aromatic carbocycles. The minimum Gasteiger partial charge on any atom is -0.462 e. The van der Waals surface area contributed by atoms with E-state index in [0.29, 0.717) is 23.9 Å². The van der Waals surface area contributed by atoms with Crippen LogP contribution < -0.4 is 0 Å². The predicted octanol–water partition coefficient (Wildman–Crippen LogP) is 16.1. The quantitative estimate of drug-likeness (QED) is 0.0211. The number of unbranched alkanes of at least 4 members (excludes halogenated alkanes) is 34. The molecule has 0 aromatic rings. The van der Waals surface area contributed by atoms with Gasteiger partial charge in [0.25, 0.3) is 0 Å². The molecular formula is C53H105NO8P+. The largest absolute Gasteiger partial charge is 0.472 e. The zero-order chi connectivity index (χ0) is 46.4. The summed E-state index contributed by atoms with van der Waals surface area (Å²) in [5.74, 6) is -0.793. The first-order valence-corrected chi connectivity index (χ1v) is 28.4. The molecule has 0 amide bonds. The Hall–Kier alpha value is -1.25. The zero-order valence-corrected chi connectivity index (χ0v) is 43.2. The van der Waals surface area contributed by atoms with E-state index in [1.807, 2.05) is 21.1 Å². The van der Waals surface area contributed by atoms with Crippen molar-refractivity contribution in [2.24, 2.45) is 0 Å². The monoisotopic (exact) mass is 915 g/mol. The second kappa shape index (κ2) is 45.9. The number of quaternary nitrogens is 1. The summed E-state index contributed by atoms with van der Waals surface area (Å²) in [7, 11) is 1.49. The summed E-state index contributed by atoms with van der Waals surface area (Å²) in [6.45, 7) is 4.45. The van der Waals surface area contributed by atoms with Crippen LogP contribution >= 0.6 is 7.82 Å². The van der Waals surface area contributed by atoms with Crippen molar-refractivity contribution in [3.8, 4) is 0 Å². The number of carbonyl (C=O) groups is 2. The van der Waals surface area contributed by atoms with Crippen LogP contribution in [0.25, 0.3) is 0 Å². The van der Waals surface area contributed by atoms with Gasteiger partial charge in [0, 0.05) is 12.8 Å². The Kier molecular flexibility index (Phi) is 45.0. The molecule has 2 unspecified atom stereocenters. The van der Waals surface area contributed by atoms with Gasteiger partial charge in [-0.25, -0.2) is 4.57 Å². The Labute approximate surface area is 390 Å². The Morgan fingerprint density at radius 3 is 1.17 bits per heavy atom. The van der Waals surface area contributed by atoms with Gasteiger partial charge < -0.3 is 18.9 Å². The SMILES string of the molecule is CCCCCCC/C=C\CCCCCCCC(=O)OC(COC(=O)CCCCCCCCCCCCCCCCCCCCCCCCCCC)COP(=O)(O)OCC[N+](C)(C)C. The van der Waals surface area contributed by atoms with Crippen LogP contribution in [-0.4, -0.2) is 74.9 Å². The summed E-state index contributed by atoms with van der Waals surface area (Å²) in [4.78, 5) is 35.5. The summed E-state index contributed by atoms with van der Waals surface area (Å²) >= 11 is 0. The summed E-state index contributed by atoms with van der Waals surface area (Å²) in [6, 6.07) is 0. The molecule has 0 heterocycles. The third kappa shape index (κ3) is 50.0. The minimum atomic E-state index is -4.38. The maximum atomic E-state index is 12.7. The first kappa shape index (κ1) is 61.8. The number of hydrogen-bond donors (Lipinski definition) is 1. The van der Waals surface area contributed by atoms with Gasteiger partial charge in [-0.05, 0) is 38.5 Å². The smallest absolute Gasteiger partial charge is 0.462 e. The number of hydrogen-bond acceptors (Lipinski definition) is 7. The third-order valence-electron chi connectivity index (χ3n) is 12.0. The van der Waals surface area contributed by atoms with E-state index < -0.39 is 26.5 Å². The van der Waals surface area contributed by atoms with Crippen LogP contribution in [0.2, 0.25) is 0 Å². The van der Waals surface area contributed by atoms with E-state index in [9.17, 15) is 19.0 Å². The molecule has 374 valence electrons. The van der Waals surface area contributed by atoms with Gasteiger partial charge in [-0.1, -0.05) is 225 Å². The molecule has 0 radical (unpaired) electrons. The van der Waals surface area contributed by atoms with E-state index in [-0.39, 0.29) is 25.6 Å². The lowest BCUT2D eigenvalue weighted by molar-refractivity contribution is -0.870. The lowest BCUT2D eigenvalue weighted by Crippen LogP contribution is -2.37. The zero-order valence-electron chi connectivity index (χ0n) is 42.3. The lowest BCUT2D eigenvalue weighted by Gasteiger charge is -2.24. The van der Waals surface area contributed by atoms with Crippen LogP contribution in [0.1, 0.15) is 264 Å². The van der Waals surface area contributed by atoms with Crippen molar-refractivity contribution in [3.05, 3.63) is 12.2 Å². The first-order chi connectivity index (χ1) is 30.5. The van der Waals surface area contributed by atoms with Gasteiger partial charge in [0.1, 0.15) is 19.8 Å². The van der Waals surface area contributed by atoms with Crippen molar-refractivity contribution in [2.75, 3.05) is 47.5 Å². The molecule has 0 aliphatic rings. The van der Waals surface area contributed by atoms with Crippen LogP contribution in [0.5, 0.6) is 0 Å². The van der Waals surface area contributed by atoms with Crippen molar-refractivity contribution in [3.63, 3.8) is 0 Å². The number of nitrogens with zero attached hydrogens (tertiary/aromatic N) is 1. The average molecular weight is 915 g/mol. The lowest BCUT2D eigenvalue weighted by atomic mass is 10.0. The second-order valence-corrected chi connectivity index (χ2v) is 21.1. The van der Waals surface area contributed by atoms with E-state index >= 15 is 0 Å². The van der Waals surface area contributed by atoms with Crippen molar-refractivity contribution in [1.29, 1.82) is 0 Å². The van der Waals surface area contributed by atoms with Crippen molar-refractivity contribution < 1.29 is 42.1 Å². The average Bonchev–Trinajstić information content (AvgIpc) is 3.24. The van der Waals surface area contributed by atoms with E-state index in [2.05, 4.69) is 26.0 Å². The molecule has 0 saturated heterocycles. The van der Waals surface area contributed by atoms with Crippen LogP contribution in [0, 0.1) is 0 Å². The highest BCUT2D eigenvalue weighted by Crippen LogP contribution is 2.43. The van der Waals surface area contributed by atoms with Gasteiger partial charge in [0.15, 0.2) is 6.10 Å². The van der Waals surface area contributed by atoms with E-state index in [0.717, 1.165) is 51.4 Å². The molecule has 0 spiro atoms. The van der Waals surface area contributed by atoms with Gasteiger partial charge in [0.2, 0.25) is 0 Å². The highest BCUT2D eigenvalue weighted by Gasteiger charge is 2.27. The number of carbonyl (C=O) groups excluding carboxylic acids is 2. The van der Waals surface area contributed by atoms with Gasteiger partial charge in [0.05, 0.1) is 27.7 Å². The Morgan fingerprint density at radius 1 is 0.476 bits per heavy atom. The van der Waals surface area contributed by atoms with Crippen LogP contribution in [0.3, 0.4) is 0 Å². The molecule has 0 saturated carbocycles. The van der Waals surface area contributed by atoms with Crippen LogP contribution in [0.15, 0.2) is 12.2 Å². The molecule has 10 heteroatoms. The standard InChI is InChI=1S/C53H104NO8P/c1-6-8-10-12-14-16-18-20-22-23-24-25-26-27-28-29-30-31-32-34-35-37-39-41-43-45-52(55)59-49-51(50-61-63(57,58)60-48-47-54(3,4)5)62-53(56)46-44-42-40-38-36-33-21-19-17-15-13-11-9-7-2/h19,21,51H,6-18,20,22-50H2,1-5H3/p+1/b21-19-. The molecular weight excluding hydrogens is 810 g/mol. The Balaban J connectivity index is 4.10. The normalized spacial score (nSPS) is 13.4. The summed E-state index contributed by atoms with van der Waals surface area (Å²) in [6.07, 6.45) is 51.3. The third-order valence-corrected chi connectivity index (χ3v) is 13.0. The summed E-state index contributed by atoms with van der Waals surface area (Å²) in [5.41, 5.74) is 0. The molecule has 63 heavy (non-hydrogen) atoms. The van der Waals surface area contributed by atoms with Crippen molar-refractivity contribution in [1.82, 2.24) is 0 Å². The molecule has 0 aliphatic heterocycles. The number of allylic oxidation sites excluding steroid dienone is 2. The number of esters is 2. The molecule has 0 aromatic heterocycles. The van der Waals surface area contributed by atoms with E-state index in [1.165, 1.54) is 180 Å². The number of rotatable bonds is 50. The van der Waals surface area contributed by atoms with Gasteiger partial charge in [-0.3, -0.25) is 18.6 Å². The second-order valence-electron chi connectivity index (χ2n) is 19.6. The Bertz CT molecular complexity index is 1080. The van der Waals surface area contributed by atoms with Gasteiger partial charge in [-0.2, -0.15) is 0 Å². The molecule has 0 bridgehead atoms. The minimum absolute atomic E-state index is 0.0335. The maximum Gasteiger partial charge on any atom is 0.472 e. The summed E-state index contributed by atoms with van der Waals surface area (Å²) in [5, 5.41) is 0. The van der Waals surface area contributed by atoms with Gasteiger partial charge in [-0.15, -0.1) is 0 Å². The maximum absolute atomic E-state index is 12.7. The molecule has 1 N–H and O–H groups in total. The van der Waals surface area contributed by atoms with Crippen LogP contribution in [0.4, 0.5) is 0 Å². The molecule has 0 fully saturated rings. The fraction of sp³-hybridized carbons (Fsp3) is 0.925. The van der Waals surface area contributed by atoms with E-state index in [4.69, 9.17) is 18.5 Å². The molecule has 0 rings (SSSR count). The van der Waals surface area contributed by atoms with Crippen molar-refractivity contribution >= 4 is 19.8 Å². The predicted molar refractivity (Wildman–Crippen MR) is 266 cm³/mol. The topological polar surface area (TPSA) is 108 Å². The molecule has 2 atom stereocenters.